The molecule has 0 radical (unpaired) electrons. The molecule has 2 rings (SSSR count). The molecule has 2 heterocycles. The number of aromatic nitrogens is 3. The summed E-state index contributed by atoms with van der Waals surface area (Å²) in [6.45, 7) is 3.81. The van der Waals surface area contributed by atoms with E-state index in [1.165, 1.54) is 0 Å². The van der Waals surface area contributed by atoms with Crippen molar-refractivity contribution < 1.29 is 9.53 Å². The summed E-state index contributed by atoms with van der Waals surface area (Å²) in [5.74, 6) is 0.129. The third kappa shape index (κ3) is 1.86. The van der Waals surface area contributed by atoms with Crippen molar-refractivity contribution in [2.24, 2.45) is 0 Å². The van der Waals surface area contributed by atoms with Gasteiger partial charge in [0, 0.05) is 0 Å². The molecule has 0 aliphatic rings. The molecule has 0 aromatic carbocycles. The van der Waals surface area contributed by atoms with Gasteiger partial charge in [0.2, 0.25) is 0 Å². The molecule has 0 atom stereocenters. The number of aromatic amines is 1. The summed E-state index contributed by atoms with van der Waals surface area (Å²) in [5.41, 5.74) is 0.874. The highest BCUT2D eigenvalue weighted by atomic mass is 35.5. The number of nitrogens with zero attached hydrogens (tertiary/aromatic N) is 2. The molecule has 0 aliphatic carbocycles. The number of aryl methyl sites for hydroxylation is 1. The van der Waals surface area contributed by atoms with Crippen LogP contribution in [0.25, 0.3) is 11.0 Å². The van der Waals surface area contributed by atoms with Gasteiger partial charge in [-0.3, -0.25) is 0 Å². The van der Waals surface area contributed by atoms with Crippen LogP contribution < -0.4 is 0 Å². The SMILES string of the molecule is CCOC(=O)c1cc2c(Cl)nc(C)nc2[nH]1. The van der Waals surface area contributed by atoms with Gasteiger partial charge >= 0.3 is 5.97 Å². The summed E-state index contributed by atoms with van der Waals surface area (Å²) in [6.07, 6.45) is 0. The lowest BCUT2D eigenvalue weighted by atomic mass is 10.3. The van der Waals surface area contributed by atoms with E-state index in [0.717, 1.165) is 0 Å². The zero-order chi connectivity index (χ0) is 11.7. The average molecular weight is 240 g/mol. The molecule has 0 unspecified atom stereocenters. The predicted octanol–water partition coefficient (Wildman–Crippen LogP) is 2.10. The summed E-state index contributed by atoms with van der Waals surface area (Å²) < 4.78 is 4.87. The zero-order valence-electron chi connectivity index (χ0n) is 8.87. The topological polar surface area (TPSA) is 67.9 Å². The van der Waals surface area contributed by atoms with Gasteiger partial charge in [0.25, 0.3) is 0 Å². The summed E-state index contributed by atoms with van der Waals surface area (Å²) in [5, 5.41) is 0.949. The Hall–Kier alpha value is -1.62. The standard InChI is InChI=1S/C10H10ClN3O2/c1-3-16-10(15)7-4-6-8(11)12-5(2)13-9(6)14-7/h4H,3H2,1-2H3,(H,12,13,14). The van der Waals surface area contributed by atoms with Crippen molar-refractivity contribution in [1.29, 1.82) is 0 Å². The summed E-state index contributed by atoms with van der Waals surface area (Å²) >= 11 is 5.93. The first-order valence-electron chi connectivity index (χ1n) is 4.81. The second-order valence-corrected chi connectivity index (χ2v) is 3.59. The molecule has 0 bridgehead atoms. The highest BCUT2D eigenvalue weighted by Crippen LogP contribution is 2.21. The minimum absolute atomic E-state index is 0.326. The number of esters is 1. The van der Waals surface area contributed by atoms with Crippen LogP contribution in [0.3, 0.4) is 0 Å². The maximum Gasteiger partial charge on any atom is 0.354 e. The number of ether oxygens (including phenoxy) is 1. The smallest absolute Gasteiger partial charge is 0.354 e. The molecule has 0 saturated heterocycles. The van der Waals surface area contributed by atoms with E-state index in [-0.39, 0.29) is 0 Å². The lowest BCUT2D eigenvalue weighted by Crippen LogP contribution is -2.04. The van der Waals surface area contributed by atoms with E-state index in [1.54, 1.807) is 19.9 Å². The Morgan fingerprint density at radius 1 is 1.56 bits per heavy atom. The van der Waals surface area contributed by atoms with Gasteiger partial charge < -0.3 is 9.72 Å². The van der Waals surface area contributed by atoms with Crippen LogP contribution in [0.4, 0.5) is 0 Å². The quantitative estimate of drug-likeness (QED) is 0.644. The first kappa shape index (κ1) is 10.9. The van der Waals surface area contributed by atoms with Crippen LogP contribution in [0.1, 0.15) is 23.2 Å². The number of nitrogens with one attached hydrogen (secondary N) is 1. The van der Waals surface area contributed by atoms with E-state index in [0.29, 0.717) is 34.3 Å². The van der Waals surface area contributed by atoms with Gasteiger partial charge in [-0.05, 0) is 19.9 Å². The molecule has 0 saturated carbocycles. The zero-order valence-corrected chi connectivity index (χ0v) is 9.63. The molecule has 2 aromatic rings. The normalized spacial score (nSPS) is 10.7. The van der Waals surface area contributed by atoms with Crippen LogP contribution in [0.5, 0.6) is 0 Å². The first-order valence-corrected chi connectivity index (χ1v) is 5.19. The Bertz CT molecular complexity index is 550. The van der Waals surface area contributed by atoms with Gasteiger partial charge in [-0.1, -0.05) is 11.6 Å². The van der Waals surface area contributed by atoms with Crippen molar-refractivity contribution >= 4 is 28.6 Å². The number of carbonyl (C=O) groups is 1. The molecule has 2 aromatic heterocycles. The maximum atomic E-state index is 11.5. The van der Waals surface area contributed by atoms with Crippen molar-refractivity contribution in [3.05, 3.63) is 22.7 Å². The number of fused-ring (bicyclic) bond motifs is 1. The lowest BCUT2D eigenvalue weighted by Gasteiger charge is -1.96. The number of rotatable bonds is 2. The first-order chi connectivity index (χ1) is 7.61. The summed E-state index contributed by atoms with van der Waals surface area (Å²) in [7, 11) is 0. The van der Waals surface area contributed by atoms with E-state index < -0.39 is 5.97 Å². The van der Waals surface area contributed by atoms with E-state index in [4.69, 9.17) is 16.3 Å². The van der Waals surface area contributed by atoms with Crippen molar-refractivity contribution in [1.82, 2.24) is 15.0 Å². The molecule has 0 spiro atoms. The minimum atomic E-state index is -0.422. The van der Waals surface area contributed by atoms with E-state index in [1.807, 2.05) is 0 Å². The van der Waals surface area contributed by atoms with Crippen molar-refractivity contribution in [2.75, 3.05) is 6.61 Å². The van der Waals surface area contributed by atoms with E-state index in [2.05, 4.69) is 15.0 Å². The van der Waals surface area contributed by atoms with Gasteiger partial charge in [-0.2, -0.15) is 0 Å². The van der Waals surface area contributed by atoms with Crippen LogP contribution in [-0.2, 0) is 4.74 Å². The van der Waals surface area contributed by atoms with Gasteiger partial charge in [0.15, 0.2) is 0 Å². The molecular weight excluding hydrogens is 230 g/mol. The monoisotopic (exact) mass is 239 g/mol. The van der Waals surface area contributed by atoms with E-state index in [9.17, 15) is 4.79 Å². The molecule has 1 N–H and O–H groups in total. The second-order valence-electron chi connectivity index (χ2n) is 3.23. The fourth-order valence-corrected chi connectivity index (χ4v) is 1.66. The fraction of sp³-hybridized carbons (Fsp3) is 0.300. The van der Waals surface area contributed by atoms with Gasteiger partial charge in [-0.25, -0.2) is 14.8 Å². The molecule has 6 heteroatoms. The third-order valence-electron chi connectivity index (χ3n) is 2.05. The molecular formula is C10H10ClN3O2. The largest absolute Gasteiger partial charge is 0.461 e. The van der Waals surface area contributed by atoms with Crippen molar-refractivity contribution in [2.45, 2.75) is 13.8 Å². The Morgan fingerprint density at radius 2 is 2.31 bits per heavy atom. The van der Waals surface area contributed by atoms with Crippen LogP contribution in [0.2, 0.25) is 5.15 Å². The molecule has 84 valence electrons. The van der Waals surface area contributed by atoms with Crippen LogP contribution in [0.15, 0.2) is 6.07 Å². The maximum absolute atomic E-state index is 11.5. The van der Waals surface area contributed by atoms with E-state index >= 15 is 0 Å². The molecule has 0 aliphatic heterocycles. The molecule has 16 heavy (non-hydrogen) atoms. The number of H-pyrrole nitrogens is 1. The van der Waals surface area contributed by atoms with Gasteiger partial charge in [0.1, 0.15) is 22.3 Å². The third-order valence-corrected chi connectivity index (χ3v) is 2.34. The fourth-order valence-electron chi connectivity index (χ4n) is 1.40. The predicted molar refractivity (Wildman–Crippen MR) is 59.6 cm³/mol. The minimum Gasteiger partial charge on any atom is -0.461 e. The highest BCUT2D eigenvalue weighted by molar-refractivity contribution is 6.34. The Kier molecular flexibility index (Phi) is 2.78. The average Bonchev–Trinajstić information content (AvgIpc) is 2.62. The molecule has 5 nitrogen and oxygen atoms in total. The Labute approximate surface area is 96.8 Å². The highest BCUT2D eigenvalue weighted by Gasteiger charge is 2.13. The molecule has 0 amide bonds. The number of hydrogen-bond acceptors (Lipinski definition) is 4. The Balaban J connectivity index is 2.51. The van der Waals surface area contributed by atoms with Crippen LogP contribution >= 0.6 is 11.6 Å². The summed E-state index contributed by atoms with van der Waals surface area (Å²) in [6, 6.07) is 1.59. The summed E-state index contributed by atoms with van der Waals surface area (Å²) in [4.78, 5) is 22.5. The van der Waals surface area contributed by atoms with Crippen molar-refractivity contribution in [3.8, 4) is 0 Å². The lowest BCUT2D eigenvalue weighted by molar-refractivity contribution is 0.0520. The van der Waals surface area contributed by atoms with Gasteiger partial charge in [0.05, 0.1) is 12.0 Å². The van der Waals surface area contributed by atoms with Crippen molar-refractivity contribution in [3.63, 3.8) is 0 Å². The van der Waals surface area contributed by atoms with Gasteiger partial charge in [-0.15, -0.1) is 0 Å². The number of hydrogen-bond donors (Lipinski definition) is 1. The van der Waals surface area contributed by atoms with Crippen LogP contribution in [0, 0.1) is 6.92 Å². The number of halogens is 1. The van der Waals surface area contributed by atoms with Crippen LogP contribution in [-0.4, -0.2) is 27.5 Å². The molecule has 0 fully saturated rings. The number of carbonyl (C=O) groups excluding carboxylic acids is 1. The Morgan fingerprint density at radius 3 is 3.00 bits per heavy atom. The second kappa shape index (κ2) is 4.09.